The zero-order chi connectivity index (χ0) is 17.3. The highest BCUT2D eigenvalue weighted by Crippen LogP contribution is 2.11. The van der Waals surface area contributed by atoms with Crippen molar-refractivity contribution in [3.05, 3.63) is 29.8 Å². The van der Waals surface area contributed by atoms with Gasteiger partial charge in [-0.1, -0.05) is 25.5 Å². The number of nitrogens with one attached hydrogen (secondary N) is 1. The molecule has 0 radical (unpaired) electrons. The van der Waals surface area contributed by atoms with Gasteiger partial charge in [0.25, 0.3) is 0 Å². The van der Waals surface area contributed by atoms with Gasteiger partial charge in [-0.2, -0.15) is 4.31 Å². The van der Waals surface area contributed by atoms with Crippen LogP contribution in [0.1, 0.15) is 25.3 Å². The number of rotatable bonds is 10. The first kappa shape index (κ1) is 19.4. The Bertz CT molecular complexity index is 585. The molecule has 6 nitrogen and oxygen atoms in total. The second-order valence-electron chi connectivity index (χ2n) is 5.40. The van der Waals surface area contributed by atoms with Gasteiger partial charge < -0.3 is 10.1 Å². The second kappa shape index (κ2) is 9.52. The van der Waals surface area contributed by atoms with Gasteiger partial charge >= 0.3 is 0 Å². The van der Waals surface area contributed by atoms with E-state index < -0.39 is 10.0 Å². The maximum absolute atomic E-state index is 11.9. The molecule has 1 aromatic carbocycles. The summed E-state index contributed by atoms with van der Waals surface area (Å²) in [6.07, 6.45) is 3.44. The molecule has 1 rings (SSSR count). The van der Waals surface area contributed by atoms with Crippen LogP contribution >= 0.6 is 0 Å². The van der Waals surface area contributed by atoms with Gasteiger partial charge in [-0.15, -0.1) is 0 Å². The normalized spacial score (nSPS) is 11.5. The summed E-state index contributed by atoms with van der Waals surface area (Å²) in [6.45, 7) is 2.70. The van der Waals surface area contributed by atoms with Crippen molar-refractivity contribution in [2.75, 3.05) is 33.0 Å². The number of sulfonamides is 1. The third-order valence-electron chi connectivity index (χ3n) is 3.44. The van der Waals surface area contributed by atoms with Crippen LogP contribution in [0, 0.1) is 0 Å². The SMILES string of the molecule is CCCCN(CC(=O)NCCc1ccc(OC)cc1)S(C)(=O)=O. The van der Waals surface area contributed by atoms with Gasteiger partial charge in [-0.05, 0) is 30.5 Å². The van der Waals surface area contributed by atoms with E-state index in [2.05, 4.69) is 5.32 Å². The van der Waals surface area contributed by atoms with Crippen molar-refractivity contribution in [3.63, 3.8) is 0 Å². The Kier molecular flexibility index (Phi) is 8.05. The number of amides is 1. The summed E-state index contributed by atoms with van der Waals surface area (Å²) in [5.74, 6) is 0.512. The lowest BCUT2D eigenvalue weighted by Crippen LogP contribution is -2.41. The average molecular weight is 342 g/mol. The van der Waals surface area contributed by atoms with Crippen LogP contribution in [0.5, 0.6) is 5.75 Å². The van der Waals surface area contributed by atoms with Gasteiger partial charge in [0.05, 0.1) is 19.9 Å². The standard InChI is InChI=1S/C16H26N2O4S/c1-4-5-12-18(23(3,20)21)13-16(19)17-11-10-14-6-8-15(22-2)9-7-14/h6-9H,4-5,10-13H2,1-3H3,(H,17,19). The minimum atomic E-state index is -3.36. The summed E-state index contributed by atoms with van der Waals surface area (Å²) < 4.78 is 29.6. The molecule has 130 valence electrons. The van der Waals surface area contributed by atoms with Crippen LogP contribution in [0.4, 0.5) is 0 Å². The lowest BCUT2D eigenvalue weighted by Gasteiger charge is -2.19. The Morgan fingerprint density at radius 1 is 1.26 bits per heavy atom. The van der Waals surface area contributed by atoms with E-state index >= 15 is 0 Å². The third kappa shape index (κ3) is 7.47. The first-order valence-electron chi connectivity index (χ1n) is 7.71. The number of carbonyl (C=O) groups is 1. The number of unbranched alkanes of at least 4 members (excludes halogenated alkanes) is 1. The van der Waals surface area contributed by atoms with Crippen molar-refractivity contribution in [1.29, 1.82) is 0 Å². The minimum Gasteiger partial charge on any atom is -0.497 e. The summed E-state index contributed by atoms with van der Waals surface area (Å²) in [7, 11) is -1.75. The first-order valence-corrected chi connectivity index (χ1v) is 9.56. The van der Waals surface area contributed by atoms with E-state index in [1.54, 1.807) is 7.11 Å². The van der Waals surface area contributed by atoms with Crippen molar-refractivity contribution in [2.24, 2.45) is 0 Å². The zero-order valence-electron chi connectivity index (χ0n) is 14.0. The monoisotopic (exact) mass is 342 g/mol. The molecule has 0 bridgehead atoms. The van der Waals surface area contributed by atoms with Gasteiger partial charge in [0.2, 0.25) is 15.9 Å². The molecule has 0 aliphatic rings. The predicted octanol–water partition coefficient (Wildman–Crippen LogP) is 1.42. The Morgan fingerprint density at radius 2 is 1.91 bits per heavy atom. The summed E-state index contributed by atoms with van der Waals surface area (Å²) in [6, 6.07) is 7.62. The molecule has 1 aromatic rings. The lowest BCUT2D eigenvalue weighted by molar-refractivity contribution is -0.121. The topological polar surface area (TPSA) is 75.7 Å². The number of benzene rings is 1. The molecular formula is C16H26N2O4S. The quantitative estimate of drug-likeness (QED) is 0.698. The fraction of sp³-hybridized carbons (Fsp3) is 0.562. The predicted molar refractivity (Wildman–Crippen MR) is 91.0 cm³/mol. The second-order valence-corrected chi connectivity index (χ2v) is 7.38. The number of hydrogen-bond acceptors (Lipinski definition) is 4. The average Bonchev–Trinajstić information content (AvgIpc) is 2.51. The van der Waals surface area contributed by atoms with Crippen molar-refractivity contribution in [3.8, 4) is 5.75 Å². The first-order chi connectivity index (χ1) is 10.9. The Hall–Kier alpha value is -1.60. The number of hydrogen-bond donors (Lipinski definition) is 1. The highest BCUT2D eigenvalue weighted by Gasteiger charge is 2.19. The maximum atomic E-state index is 11.9. The van der Waals surface area contributed by atoms with E-state index in [0.29, 0.717) is 19.5 Å². The molecule has 0 fully saturated rings. The Morgan fingerprint density at radius 3 is 2.43 bits per heavy atom. The van der Waals surface area contributed by atoms with Crippen molar-refractivity contribution in [1.82, 2.24) is 9.62 Å². The van der Waals surface area contributed by atoms with Gasteiger partial charge in [-0.3, -0.25) is 4.79 Å². The summed E-state index contributed by atoms with van der Waals surface area (Å²) >= 11 is 0. The molecule has 0 unspecified atom stereocenters. The molecule has 0 atom stereocenters. The minimum absolute atomic E-state index is 0.124. The largest absolute Gasteiger partial charge is 0.497 e. The maximum Gasteiger partial charge on any atom is 0.235 e. The Balaban J connectivity index is 2.42. The molecule has 1 amide bonds. The molecular weight excluding hydrogens is 316 g/mol. The number of carbonyl (C=O) groups excluding carboxylic acids is 1. The van der Waals surface area contributed by atoms with E-state index in [1.165, 1.54) is 4.31 Å². The molecule has 0 saturated carbocycles. The van der Waals surface area contributed by atoms with Crippen LogP contribution in [-0.4, -0.2) is 51.6 Å². The van der Waals surface area contributed by atoms with Crippen molar-refractivity contribution >= 4 is 15.9 Å². The number of ether oxygens (including phenoxy) is 1. The molecule has 0 aliphatic heterocycles. The molecule has 1 N–H and O–H groups in total. The van der Waals surface area contributed by atoms with E-state index in [-0.39, 0.29) is 12.5 Å². The van der Waals surface area contributed by atoms with Crippen molar-refractivity contribution < 1.29 is 17.9 Å². The van der Waals surface area contributed by atoms with Gasteiger partial charge in [-0.25, -0.2) is 8.42 Å². The number of methoxy groups -OCH3 is 1. The van der Waals surface area contributed by atoms with Crippen LogP contribution in [0.15, 0.2) is 24.3 Å². The summed E-state index contributed by atoms with van der Waals surface area (Å²) in [4.78, 5) is 11.9. The fourth-order valence-electron chi connectivity index (χ4n) is 2.05. The van der Waals surface area contributed by atoms with E-state index in [4.69, 9.17) is 4.74 Å². The highest BCUT2D eigenvalue weighted by atomic mass is 32.2. The lowest BCUT2D eigenvalue weighted by atomic mass is 10.1. The van der Waals surface area contributed by atoms with Crippen LogP contribution in [-0.2, 0) is 21.2 Å². The smallest absolute Gasteiger partial charge is 0.235 e. The van der Waals surface area contributed by atoms with E-state index in [1.807, 2.05) is 31.2 Å². The number of nitrogens with zero attached hydrogens (tertiary/aromatic N) is 1. The van der Waals surface area contributed by atoms with Gasteiger partial charge in [0.1, 0.15) is 5.75 Å². The molecule has 0 heterocycles. The zero-order valence-corrected chi connectivity index (χ0v) is 14.9. The fourth-order valence-corrected chi connectivity index (χ4v) is 2.86. The van der Waals surface area contributed by atoms with E-state index in [0.717, 1.165) is 30.4 Å². The van der Waals surface area contributed by atoms with E-state index in [9.17, 15) is 13.2 Å². The Labute approximate surface area is 138 Å². The molecule has 7 heteroatoms. The molecule has 0 aliphatic carbocycles. The van der Waals surface area contributed by atoms with Crippen LogP contribution < -0.4 is 10.1 Å². The summed E-state index contributed by atoms with van der Waals surface area (Å²) in [5, 5.41) is 2.76. The molecule has 0 aromatic heterocycles. The van der Waals surface area contributed by atoms with Crippen LogP contribution in [0.3, 0.4) is 0 Å². The van der Waals surface area contributed by atoms with Gasteiger partial charge in [0.15, 0.2) is 0 Å². The van der Waals surface area contributed by atoms with Crippen LogP contribution in [0.2, 0.25) is 0 Å². The van der Waals surface area contributed by atoms with Gasteiger partial charge in [0, 0.05) is 13.1 Å². The molecule has 0 spiro atoms. The molecule has 23 heavy (non-hydrogen) atoms. The third-order valence-corrected chi connectivity index (χ3v) is 4.69. The van der Waals surface area contributed by atoms with Crippen LogP contribution in [0.25, 0.3) is 0 Å². The summed E-state index contributed by atoms with van der Waals surface area (Å²) in [5.41, 5.74) is 1.08. The highest BCUT2D eigenvalue weighted by molar-refractivity contribution is 7.88. The van der Waals surface area contributed by atoms with Crippen molar-refractivity contribution in [2.45, 2.75) is 26.2 Å². The molecule has 0 saturated heterocycles.